The van der Waals surface area contributed by atoms with Crippen molar-refractivity contribution in [1.82, 2.24) is 5.32 Å². The average molecular weight is 352 g/mol. The number of amides is 1. The van der Waals surface area contributed by atoms with Crippen molar-refractivity contribution < 1.29 is 22.7 Å². The molecule has 3 N–H and O–H groups in total. The molecule has 0 spiro atoms. The maximum absolute atomic E-state index is 12.8. The van der Waals surface area contributed by atoms with E-state index in [4.69, 9.17) is 0 Å². The van der Waals surface area contributed by atoms with E-state index in [1.54, 1.807) is 12.1 Å². The van der Waals surface area contributed by atoms with Gasteiger partial charge in [0.2, 0.25) is 10.0 Å². The van der Waals surface area contributed by atoms with Crippen LogP contribution in [0.5, 0.6) is 5.75 Å². The van der Waals surface area contributed by atoms with E-state index in [1.165, 1.54) is 30.3 Å². The second kappa shape index (κ2) is 7.31. The molecule has 0 atom stereocenters. The van der Waals surface area contributed by atoms with Crippen molar-refractivity contribution in [2.45, 2.75) is 6.42 Å². The molecule has 0 unspecified atom stereocenters. The van der Waals surface area contributed by atoms with Crippen molar-refractivity contribution >= 4 is 21.6 Å². The van der Waals surface area contributed by atoms with E-state index >= 15 is 0 Å². The summed E-state index contributed by atoms with van der Waals surface area (Å²) >= 11 is 0. The third kappa shape index (κ3) is 5.24. The number of hydrogen-bond acceptors (Lipinski definition) is 4. The van der Waals surface area contributed by atoms with Crippen molar-refractivity contribution in [3.63, 3.8) is 0 Å². The van der Waals surface area contributed by atoms with Crippen LogP contribution in [0.4, 0.5) is 10.1 Å². The molecule has 0 aromatic heterocycles. The number of sulfonamides is 1. The SMILES string of the molecule is CS(=O)(=O)Nc1ccc(O)c(C(=O)NCCc2ccc(F)cc2)c1. The van der Waals surface area contributed by atoms with E-state index in [9.17, 15) is 22.7 Å². The van der Waals surface area contributed by atoms with Crippen LogP contribution in [-0.4, -0.2) is 32.2 Å². The Balaban J connectivity index is 2.01. The molecular weight excluding hydrogens is 335 g/mol. The highest BCUT2D eigenvalue weighted by Crippen LogP contribution is 2.22. The van der Waals surface area contributed by atoms with Gasteiger partial charge in [-0.25, -0.2) is 12.8 Å². The number of nitrogens with one attached hydrogen (secondary N) is 2. The summed E-state index contributed by atoms with van der Waals surface area (Å²) in [5.74, 6) is -1.12. The molecule has 2 aromatic carbocycles. The minimum absolute atomic E-state index is 0.0391. The normalized spacial score (nSPS) is 11.1. The molecule has 6 nitrogen and oxygen atoms in total. The van der Waals surface area contributed by atoms with Crippen molar-refractivity contribution in [2.24, 2.45) is 0 Å². The Labute approximate surface area is 139 Å². The van der Waals surface area contributed by atoms with Gasteiger partial charge in [-0.05, 0) is 42.3 Å². The number of phenols is 1. The zero-order chi connectivity index (χ0) is 17.7. The van der Waals surface area contributed by atoms with Gasteiger partial charge in [-0.15, -0.1) is 0 Å². The van der Waals surface area contributed by atoms with Crippen molar-refractivity contribution in [3.8, 4) is 5.75 Å². The summed E-state index contributed by atoms with van der Waals surface area (Å²) in [6.45, 7) is 0.285. The Bertz CT molecular complexity index is 836. The number of carbonyl (C=O) groups excluding carboxylic acids is 1. The first-order valence-corrected chi connectivity index (χ1v) is 8.97. The molecule has 0 aliphatic rings. The lowest BCUT2D eigenvalue weighted by molar-refractivity contribution is 0.0951. The van der Waals surface area contributed by atoms with Gasteiger partial charge in [0.15, 0.2) is 0 Å². The molecule has 0 heterocycles. The minimum atomic E-state index is -3.48. The smallest absolute Gasteiger partial charge is 0.255 e. The van der Waals surface area contributed by atoms with Gasteiger partial charge in [-0.3, -0.25) is 9.52 Å². The number of carbonyl (C=O) groups is 1. The first-order valence-electron chi connectivity index (χ1n) is 7.08. The van der Waals surface area contributed by atoms with E-state index in [0.29, 0.717) is 6.42 Å². The van der Waals surface area contributed by atoms with E-state index < -0.39 is 15.9 Å². The molecular formula is C16H17FN2O4S. The highest BCUT2D eigenvalue weighted by molar-refractivity contribution is 7.92. The van der Waals surface area contributed by atoms with Gasteiger partial charge in [-0.1, -0.05) is 12.1 Å². The van der Waals surface area contributed by atoms with Gasteiger partial charge >= 0.3 is 0 Å². The number of halogens is 1. The number of aromatic hydroxyl groups is 1. The molecule has 0 saturated heterocycles. The van der Waals surface area contributed by atoms with Crippen LogP contribution in [0.15, 0.2) is 42.5 Å². The molecule has 0 fully saturated rings. The van der Waals surface area contributed by atoms with E-state index in [0.717, 1.165) is 11.8 Å². The summed E-state index contributed by atoms with van der Waals surface area (Å²) < 4.78 is 37.5. The highest BCUT2D eigenvalue weighted by Gasteiger charge is 2.13. The predicted molar refractivity (Wildman–Crippen MR) is 89.0 cm³/mol. The number of anilines is 1. The quantitative estimate of drug-likeness (QED) is 0.692. The lowest BCUT2D eigenvalue weighted by atomic mass is 10.1. The van der Waals surface area contributed by atoms with Gasteiger partial charge < -0.3 is 10.4 Å². The maximum atomic E-state index is 12.8. The number of phenolic OH excluding ortho intramolecular Hbond substituents is 1. The zero-order valence-corrected chi connectivity index (χ0v) is 13.7. The van der Waals surface area contributed by atoms with E-state index in [2.05, 4.69) is 10.0 Å². The number of benzene rings is 2. The molecule has 0 aliphatic carbocycles. The fraction of sp³-hybridized carbons (Fsp3) is 0.188. The largest absolute Gasteiger partial charge is 0.507 e. The van der Waals surface area contributed by atoms with E-state index in [-0.39, 0.29) is 29.4 Å². The monoisotopic (exact) mass is 352 g/mol. The Morgan fingerprint density at radius 3 is 2.46 bits per heavy atom. The molecule has 0 saturated carbocycles. The van der Waals surface area contributed by atoms with Crippen LogP contribution in [-0.2, 0) is 16.4 Å². The minimum Gasteiger partial charge on any atom is -0.507 e. The predicted octanol–water partition coefficient (Wildman–Crippen LogP) is 1.88. The first-order chi connectivity index (χ1) is 11.2. The fourth-order valence-corrected chi connectivity index (χ4v) is 2.62. The van der Waals surface area contributed by atoms with Gasteiger partial charge in [0, 0.05) is 12.2 Å². The Morgan fingerprint density at radius 2 is 1.83 bits per heavy atom. The lowest BCUT2D eigenvalue weighted by Gasteiger charge is -2.10. The molecule has 0 aliphatic heterocycles. The van der Waals surface area contributed by atoms with Crippen LogP contribution in [0.1, 0.15) is 15.9 Å². The maximum Gasteiger partial charge on any atom is 0.255 e. The molecule has 0 radical (unpaired) electrons. The standard InChI is InChI=1S/C16H17FN2O4S/c1-24(22,23)19-13-6-7-15(20)14(10-13)16(21)18-9-8-11-2-4-12(17)5-3-11/h2-7,10,19-20H,8-9H2,1H3,(H,18,21). The second-order valence-electron chi connectivity index (χ2n) is 5.24. The van der Waals surface area contributed by atoms with Gasteiger partial charge in [0.1, 0.15) is 11.6 Å². The number of rotatable bonds is 6. The van der Waals surface area contributed by atoms with Gasteiger partial charge in [-0.2, -0.15) is 0 Å². The number of hydrogen-bond donors (Lipinski definition) is 3. The Hall–Kier alpha value is -2.61. The molecule has 128 valence electrons. The lowest BCUT2D eigenvalue weighted by Crippen LogP contribution is -2.26. The molecule has 0 bridgehead atoms. The average Bonchev–Trinajstić information content (AvgIpc) is 2.49. The third-order valence-electron chi connectivity index (χ3n) is 3.16. The molecule has 24 heavy (non-hydrogen) atoms. The highest BCUT2D eigenvalue weighted by atomic mass is 32.2. The third-order valence-corrected chi connectivity index (χ3v) is 3.76. The van der Waals surface area contributed by atoms with Crippen molar-refractivity contribution in [1.29, 1.82) is 0 Å². The molecule has 8 heteroatoms. The molecule has 1 amide bonds. The van der Waals surface area contributed by atoms with Crippen LogP contribution >= 0.6 is 0 Å². The van der Waals surface area contributed by atoms with E-state index in [1.807, 2.05) is 0 Å². The Morgan fingerprint density at radius 1 is 1.17 bits per heavy atom. The fourth-order valence-electron chi connectivity index (χ4n) is 2.06. The van der Waals surface area contributed by atoms with Gasteiger partial charge in [0.05, 0.1) is 11.8 Å². The van der Waals surface area contributed by atoms with Crippen LogP contribution in [0, 0.1) is 5.82 Å². The summed E-state index contributed by atoms with van der Waals surface area (Å²) in [4.78, 5) is 12.1. The second-order valence-corrected chi connectivity index (χ2v) is 6.99. The van der Waals surface area contributed by atoms with Crippen LogP contribution in [0.3, 0.4) is 0 Å². The summed E-state index contributed by atoms with van der Waals surface area (Å²) in [7, 11) is -3.48. The molecule has 2 rings (SSSR count). The van der Waals surface area contributed by atoms with Crippen molar-refractivity contribution in [2.75, 3.05) is 17.5 Å². The van der Waals surface area contributed by atoms with Crippen LogP contribution in [0.2, 0.25) is 0 Å². The topological polar surface area (TPSA) is 95.5 Å². The van der Waals surface area contributed by atoms with Crippen LogP contribution in [0.25, 0.3) is 0 Å². The van der Waals surface area contributed by atoms with Gasteiger partial charge in [0.25, 0.3) is 5.91 Å². The van der Waals surface area contributed by atoms with Crippen LogP contribution < -0.4 is 10.0 Å². The van der Waals surface area contributed by atoms with Crippen molar-refractivity contribution in [3.05, 3.63) is 59.4 Å². The summed E-state index contributed by atoms with van der Waals surface area (Å²) in [6, 6.07) is 9.76. The first kappa shape index (κ1) is 17.7. The summed E-state index contributed by atoms with van der Waals surface area (Å²) in [5, 5.41) is 12.4. The molecule has 2 aromatic rings. The Kier molecular flexibility index (Phi) is 5.40. The summed E-state index contributed by atoms with van der Waals surface area (Å²) in [5.41, 5.74) is 0.996. The summed E-state index contributed by atoms with van der Waals surface area (Å²) in [6.07, 6.45) is 1.48. The zero-order valence-electron chi connectivity index (χ0n) is 12.9.